The second kappa shape index (κ2) is 10.2. The molecule has 136 valence electrons. The van der Waals surface area contributed by atoms with Crippen LogP contribution in [0.15, 0.2) is 35.3 Å². The summed E-state index contributed by atoms with van der Waals surface area (Å²) in [5.74, 6) is 1.34. The minimum Gasteiger partial charge on any atom is -0.370 e. The largest absolute Gasteiger partial charge is 0.370 e. The van der Waals surface area contributed by atoms with Crippen LogP contribution in [0.25, 0.3) is 0 Å². The van der Waals surface area contributed by atoms with E-state index in [0.29, 0.717) is 5.96 Å². The van der Waals surface area contributed by atoms with Crippen molar-refractivity contribution < 1.29 is 0 Å². The number of guanidine groups is 1. The van der Waals surface area contributed by atoms with Gasteiger partial charge in [-0.3, -0.25) is 9.89 Å². The van der Waals surface area contributed by atoms with E-state index < -0.39 is 0 Å². The summed E-state index contributed by atoms with van der Waals surface area (Å²) in [5, 5.41) is 3.22. The van der Waals surface area contributed by atoms with Crippen molar-refractivity contribution in [2.45, 2.75) is 45.6 Å². The maximum absolute atomic E-state index is 6.02. The molecule has 0 amide bonds. The van der Waals surface area contributed by atoms with Gasteiger partial charge in [-0.1, -0.05) is 37.3 Å². The average molecular weight is 444 g/mol. The minimum absolute atomic E-state index is 0. The first-order valence-corrected chi connectivity index (χ1v) is 8.80. The molecular formula is C19H33IN4. The van der Waals surface area contributed by atoms with Crippen molar-refractivity contribution in [1.82, 2.24) is 10.2 Å². The number of nitrogens with two attached hydrogens (primary N) is 1. The van der Waals surface area contributed by atoms with E-state index in [2.05, 4.69) is 60.2 Å². The standard InChI is InChI=1S/C19H32N4.HI/c1-16-8-7-13-23(14-16)19(2,3)15-22-18(20)21-12-11-17-9-5-4-6-10-17;/h4-6,9-10,16H,7-8,11-15H2,1-3H3,(H3,20,21,22);1H. The molecule has 3 N–H and O–H groups in total. The number of piperidine rings is 1. The Bertz CT molecular complexity index is 501. The molecular weight excluding hydrogens is 411 g/mol. The summed E-state index contributed by atoms with van der Waals surface area (Å²) in [6.45, 7) is 10.8. The third-order valence-electron chi connectivity index (χ3n) is 4.71. The molecule has 1 saturated heterocycles. The maximum atomic E-state index is 6.02. The van der Waals surface area contributed by atoms with Crippen LogP contribution in [0.4, 0.5) is 0 Å². The van der Waals surface area contributed by atoms with Gasteiger partial charge in [-0.15, -0.1) is 24.0 Å². The Hall–Kier alpha value is -0.820. The van der Waals surface area contributed by atoms with Gasteiger partial charge in [0.1, 0.15) is 0 Å². The number of hydrogen-bond donors (Lipinski definition) is 2. The molecule has 1 heterocycles. The van der Waals surface area contributed by atoms with Crippen LogP contribution in [0.3, 0.4) is 0 Å². The van der Waals surface area contributed by atoms with E-state index in [4.69, 9.17) is 5.73 Å². The van der Waals surface area contributed by atoms with Gasteiger partial charge in [-0.2, -0.15) is 0 Å². The topological polar surface area (TPSA) is 53.6 Å². The maximum Gasteiger partial charge on any atom is 0.188 e. The van der Waals surface area contributed by atoms with E-state index in [1.165, 1.54) is 31.5 Å². The van der Waals surface area contributed by atoms with Crippen molar-refractivity contribution in [2.75, 3.05) is 26.2 Å². The first-order chi connectivity index (χ1) is 11.0. The molecule has 2 rings (SSSR count). The first-order valence-electron chi connectivity index (χ1n) is 8.80. The lowest BCUT2D eigenvalue weighted by Crippen LogP contribution is -2.51. The smallest absolute Gasteiger partial charge is 0.188 e. The summed E-state index contributed by atoms with van der Waals surface area (Å²) >= 11 is 0. The van der Waals surface area contributed by atoms with Gasteiger partial charge >= 0.3 is 0 Å². The normalized spacial score (nSPS) is 19.6. The molecule has 1 unspecified atom stereocenters. The van der Waals surface area contributed by atoms with Crippen LogP contribution < -0.4 is 11.1 Å². The van der Waals surface area contributed by atoms with E-state index in [1.54, 1.807) is 0 Å². The summed E-state index contributed by atoms with van der Waals surface area (Å²) in [6, 6.07) is 10.4. The van der Waals surface area contributed by atoms with Crippen molar-refractivity contribution >= 4 is 29.9 Å². The number of aliphatic imine (C=N–C) groups is 1. The second-order valence-corrected chi connectivity index (χ2v) is 7.37. The number of halogens is 1. The highest BCUT2D eigenvalue weighted by molar-refractivity contribution is 14.0. The Kier molecular flexibility index (Phi) is 9.05. The molecule has 1 atom stereocenters. The Morgan fingerprint density at radius 3 is 2.71 bits per heavy atom. The third kappa shape index (κ3) is 6.97. The molecule has 1 aliphatic rings. The average Bonchev–Trinajstić information content (AvgIpc) is 2.54. The predicted octanol–water partition coefficient (Wildman–Crippen LogP) is 3.26. The fourth-order valence-corrected chi connectivity index (χ4v) is 3.15. The van der Waals surface area contributed by atoms with Gasteiger partial charge in [0.05, 0.1) is 6.54 Å². The van der Waals surface area contributed by atoms with E-state index >= 15 is 0 Å². The lowest BCUT2D eigenvalue weighted by Gasteiger charge is -2.42. The monoisotopic (exact) mass is 444 g/mol. The number of nitrogens with zero attached hydrogens (tertiary/aromatic N) is 2. The fourth-order valence-electron chi connectivity index (χ4n) is 3.15. The summed E-state index contributed by atoms with van der Waals surface area (Å²) in [6.07, 6.45) is 3.60. The highest BCUT2D eigenvalue weighted by Gasteiger charge is 2.29. The van der Waals surface area contributed by atoms with Gasteiger partial charge in [-0.25, -0.2) is 0 Å². The molecule has 1 aliphatic heterocycles. The molecule has 0 spiro atoms. The van der Waals surface area contributed by atoms with Crippen LogP contribution in [-0.4, -0.2) is 42.6 Å². The Morgan fingerprint density at radius 1 is 1.33 bits per heavy atom. The van der Waals surface area contributed by atoms with Gasteiger partial charge in [0.25, 0.3) is 0 Å². The summed E-state index contributed by atoms with van der Waals surface area (Å²) in [4.78, 5) is 7.13. The van der Waals surface area contributed by atoms with E-state index in [0.717, 1.165) is 25.4 Å². The Morgan fingerprint density at radius 2 is 2.04 bits per heavy atom. The fraction of sp³-hybridized carbons (Fsp3) is 0.632. The quantitative estimate of drug-likeness (QED) is 0.403. The van der Waals surface area contributed by atoms with Gasteiger partial charge in [0.15, 0.2) is 5.96 Å². The Labute approximate surface area is 164 Å². The number of benzene rings is 1. The highest BCUT2D eigenvalue weighted by Crippen LogP contribution is 2.23. The van der Waals surface area contributed by atoms with E-state index in [-0.39, 0.29) is 29.5 Å². The van der Waals surface area contributed by atoms with Crippen molar-refractivity contribution in [3.8, 4) is 0 Å². The van der Waals surface area contributed by atoms with Crippen molar-refractivity contribution in [3.63, 3.8) is 0 Å². The molecule has 4 nitrogen and oxygen atoms in total. The van der Waals surface area contributed by atoms with Crippen LogP contribution in [0, 0.1) is 5.92 Å². The third-order valence-corrected chi connectivity index (χ3v) is 4.71. The second-order valence-electron chi connectivity index (χ2n) is 7.37. The summed E-state index contributed by atoms with van der Waals surface area (Å²) < 4.78 is 0. The van der Waals surface area contributed by atoms with Gasteiger partial charge in [0.2, 0.25) is 0 Å². The summed E-state index contributed by atoms with van der Waals surface area (Å²) in [7, 11) is 0. The van der Waals surface area contributed by atoms with Crippen LogP contribution in [0.1, 0.15) is 39.2 Å². The molecule has 1 aromatic rings. The van der Waals surface area contributed by atoms with Gasteiger partial charge < -0.3 is 11.1 Å². The molecule has 0 aromatic heterocycles. The minimum atomic E-state index is 0. The SMILES string of the molecule is CC1CCCN(C(C)(C)CN=C(N)NCCc2ccccc2)C1.I. The molecule has 5 heteroatoms. The molecule has 1 aromatic carbocycles. The number of rotatable bonds is 6. The van der Waals surface area contributed by atoms with Crippen LogP contribution >= 0.6 is 24.0 Å². The zero-order valence-corrected chi connectivity index (χ0v) is 17.6. The van der Waals surface area contributed by atoms with E-state index in [9.17, 15) is 0 Å². The Balaban J connectivity index is 0.00000288. The van der Waals surface area contributed by atoms with Gasteiger partial charge in [-0.05, 0) is 51.1 Å². The van der Waals surface area contributed by atoms with Crippen molar-refractivity contribution in [3.05, 3.63) is 35.9 Å². The zero-order chi connectivity index (χ0) is 16.7. The van der Waals surface area contributed by atoms with Crippen molar-refractivity contribution in [2.24, 2.45) is 16.6 Å². The highest BCUT2D eigenvalue weighted by atomic mass is 127. The lowest BCUT2D eigenvalue weighted by molar-refractivity contribution is 0.0775. The molecule has 0 aliphatic carbocycles. The molecule has 0 radical (unpaired) electrons. The lowest BCUT2D eigenvalue weighted by atomic mass is 9.94. The first kappa shape index (κ1) is 21.2. The van der Waals surface area contributed by atoms with E-state index in [1.807, 2.05) is 6.07 Å². The molecule has 1 fully saturated rings. The van der Waals surface area contributed by atoms with Crippen molar-refractivity contribution in [1.29, 1.82) is 0 Å². The number of nitrogens with one attached hydrogen (secondary N) is 1. The molecule has 0 bridgehead atoms. The summed E-state index contributed by atoms with van der Waals surface area (Å²) in [5.41, 5.74) is 7.41. The van der Waals surface area contributed by atoms with Crippen LogP contribution in [0.5, 0.6) is 0 Å². The number of likely N-dealkylation sites (tertiary alicyclic amines) is 1. The van der Waals surface area contributed by atoms with Crippen LogP contribution in [0.2, 0.25) is 0 Å². The molecule has 0 saturated carbocycles. The zero-order valence-electron chi connectivity index (χ0n) is 15.3. The van der Waals surface area contributed by atoms with Gasteiger partial charge in [0, 0.05) is 18.6 Å². The number of hydrogen-bond acceptors (Lipinski definition) is 2. The predicted molar refractivity (Wildman–Crippen MR) is 114 cm³/mol. The van der Waals surface area contributed by atoms with Crippen LogP contribution in [-0.2, 0) is 6.42 Å². The molecule has 24 heavy (non-hydrogen) atoms.